The number of aryl methyl sites for hydroxylation is 1. The van der Waals surface area contributed by atoms with Crippen LogP contribution in [0.4, 0.5) is 23.2 Å². The number of anilines is 1. The van der Waals surface area contributed by atoms with E-state index < -0.39 is 24.3 Å². The highest BCUT2D eigenvalue weighted by atomic mass is 19.3. The highest BCUT2D eigenvalue weighted by Gasteiger charge is 2.48. The number of nitrogens with zero attached hydrogens (tertiary/aromatic N) is 8. The predicted molar refractivity (Wildman–Crippen MR) is 123 cm³/mol. The van der Waals surface area contributed by atoms with Crippen LogP contribution in [-0.2, 0) is 0 Å². The van der Waals surface area contributed by atoms with Gasteiger partial charge >= 0.3 is 6.55 Å². The normalized spacial score (nSPS) is 15.2. The summed E-state index contributed by atoms with van der Waals surface area (Å²) in [5, 5.41) is 18.0. The zero-order chi connectivity index (χ0) is 26.6. The van der Waals surface area contributed by atoms with Crippen LogP contribution in [0.2, 0.25) is 0 Å². The molecule has 11 nitrogen and oxygen atoms in total. The van der Waals surface area contributed by atoms with Gasteiger partial charge in [0.15, 0.2) is 0 Å². The molecule has 0 aromatic carbocycles. The van der Waals surface area contributed by atoms with E-state index in [0.717, 1.165) is 6.20 Å². The van der Waals surface area contributed by atoms with Crippen LogP contribution in [0.1, 0.15) is 47.3 Å². The average Bonchev–Trinajstić information content (AvgIpc) is 3.62. The first kappa shape index (κ1) is 23.7. The van der Waals surface area contributed by atoms with Gasteiger partial charge in [-0.3, -0.25) is 9.78 Å². The molecule has 5 aromatic rings. The van der Waals surface area contributed by atoms with E-state index >= 15 is 0 Å². The quantitative estimate of drug-likeness (QED) is 0.320. The van der Waals surface area contributed by atoms with Gasteiger partial charge in [0.25, 0.3) is 5.91 Å². The standard InChI is InChI=1S/C23H17F4N9O2/c1-11-16(4-13(7-28-11)19-31-21(38-33-19)14-5-23(26,27)6-14)30-20(37)15-8-29-35-9-12(2-3-18(15)35)17-10-36(22(24)25)34-32-17/h2-4,7-10,14,22H,5-6H2,1H3,(H,30,37). The Balaban J connectivity index is 1.22. The van der Waals surface area contributed by atoms with Crippen LogP contribution < -0.4 is 5.32 Å². The summed E-state index contributed by atoms with van der Waals surface area (Å²) in [7, 11) is 0. The second kappa shape index (κ2) is 8.71. The molecule has 1 N–H and O–H groups in total. The maximum Gasteiger partial charge on any atom is 0.334 e. The Morgan fingerprint density at radius 2 is 2.00 bits per heavy atom. The molecule has 0 bridgehead atoms. The third kappa shape index (κ3) is 4.25. The van der Waals surface area contributed by atoms with E-state index in [9.17, 15) is 22.4 Å². The van der Waals surface area contributed by atoms with Gasteiger partial charge < -0.3 is 9.84 Å². The minimum atomic E-state index is -2.81. The molecule has 15 heteroatoms. The highest BCUT2D eigenvalue weighted by molar-refractivity contribution is 6.09. The molecule has 0 atom stereocenters. The van der Waals surface area contributed by atoms with Gasteiger partial charge in [-0.2, -0.15) is 23.5 Å². The van der Waals surface area contributed by atoms with Crippen molar-refractivity contribution < 1.29 is 26.9 Å². The van der Waals surface area contributed by atoms with Crippen molar-refractivity contribution in [1.82, 2.24) is 39.7 Å². The highest BCUT2D eigenvalue weighted by Crippen LogP contribution is 2.48. The maximum atomic E-state index is 13.2. The number of halogens is 4. The number of aromatic nitrogens is 8. The number of nitrogens with one attached hydrogen (secondary N) is 1. The number of hydrogen-bond donors (Lipinski definition) is 1. The van der Waals surface area contributed by atoms with Gasteiger partial charge in [0.1, 0.15) is 5.69 Å². The van der Waals surface area contributed by atoms with E-state index in [0.29, 0.717) is 32.7 Å². The lowest BCUT2D eigenvalue weighted by Crippen LogP contribution is -2.33. The summed E-state index contributed by atoms with van der Waals surface area (Å²) in [6.07, 6.45) is 4.86. The summed E-state index contributed by atoms with van der Waals surface area (Å²) in [5.74, 6) is -3.36. The molecule has 38 heavy (non-hydrogen) atoms. The fraction of sp³-hybridized carbons (Fsp3) is 0.261. The Bertz CT molecular complexity index is 1670. The SMILES string of the molecule is Cc1ncc(-c2noc(C3CC(F)(F)C3)n2)cc1NC(=O)c1cnn2cc(-c3cn(C(F)F)nn3)ccc12. The van der Waals surface area contributed by atoms with Crippen LogP contribution in [0.25, 0.3) is 28.2 Å². The molecule has 1 saturated carbocycles. The van der Waals surface area contributed by atoms with Gasteiger partial charge in [-0.05, 0) is 25.1 Å². The zero-order valence-corrected chi connectivity index (χ0v) is 19.5. The molecule has 1 fully saturated rings. The van der Waals surface area contributed by atoms with E-state index in [1.54, 1.807) is 31.3 Å². The monoisotopic (exact) mass is 527 g/mol. The number of carbonyl (C=O) groups is 1. The number of carbonyl (C=O) groups excluding carboxylic acids is 1. The molecule has 0 spiro atoms. The summed E-state index contributed by atoms with van der Waals surface area (Å²) in [4.78, 5) is 21.6. The summed E-state index contributed by atoms with van der Waals surface area (Å²) >= 11 is 0. The van der Waals surface area contributed by atoms with Crippen molar-refractivity contribution in [3.8, 4) is 22.6 Å². The molecular weight excluding hydrogens is 510 g/mol. The Hall–Kier alpha value is -4.69. The molecule has 0 aliphatic heterocycles. The molecule has 5 aromatic heterocycles. The minimum absolute atomic E-state index is 0.138. The first-order valence-electron chi connectivity index (χ1n) is 11.3. The zero-order valence-electron chi connectivity index (χ0n) is 19.5. The Kier molecular flexibility index (Phi) is 5.43. The molecule has 1 aliphatic rings. The van der Waals surface area contributed by atoms with Crippen molar-refractivity contribution in [2.24, 2.45) is 0 Å². The van der Waals surface area contributed by atoms with Crippen LogP contribution in [-0.4, -0.2) is 51.6 Å². The van der Waals surface area contributed by atoms with Crippen molar-refractivity contribution in [3.63, 3.8) is 0 Å². The van der Waals surface area contributed by atoms with Gasteiger partial charge in [-0.15, -0.1) is 5.10 Å². The van der Waals surface area contributed by atoms with E-state index in [4.69, 9.17) is 4.52 Å². The molecule has 0 unspecified atom stereocenters. The molecule has 1 aliphatic carbocycles. The Morgan fingerprint density at radius 3 is 2.74 bits per heavy atom. The average molecular weight is 527 g/mol. The van der Waals surface area contributed by atoms with E-state index in [2.05, 4.69) is 35.9 Å². The molecule has 1 amide bonds. The van der Waals surface area contributed by atoms with Crippen molar-refractivity contribution in [1.29, 1.82) is 0 Å². The van der Waals surface area contributed by atoms with Gasteiger partial charge in [0.2, 0.25) is 17.6 Å². The maximum absolute atomic E-state index is 13.2. The van der Waals surface area contributed by atoms with Gasteiger partial charge in [0.05, 0.1) is 34.9 Å². The first-order chi connectivity index (χ1) is 18.2. The van der Waals surface area contributed by atoms with Crippen LogP contribution >= 0.6 is 0 Å². The summed E-state index contributed by atoms with van der Waals surface area (Å²) in [5.41, 5.74) is 2.77. The van der Waals surface area contributed by atoms with E-state index in [1.165, 1.54) is 16.9 Å². The number of hydrogen-bond acceptors (Lipinski definition) is 8. The molecular formula is C23H17F4N9O2. The molecule has 6 rings (SSSR count). The number of amides is 1. The van der Waals surface area contributed by atoms with E-state index in [1.807, 2.05) is 0 Å². The third-order valence-electron chi connectivity index (χ3n) is 6.24. The predicted octanol–water partition coefficient (Wildman–Crippen LogP) is 4.51. The van der Waals surface area contributed by atoms with Gasteiger partial charge in [-0.1, -0.05) is 10.4 Å². The third-order valence-corrected chi connectivity index (χ3v) is 6.24. The Morgan fingerprint density at radius 1 is 1.18 bits per heavy atom. The largest absolute Gasteiger partial charge is 0.339 e. The lowest BCUT2D eigenvalue weighted by atomic mass is 9.81. The van der Waals surface area contributed by atoms with Gasteiger partial charge in [-0.25, -0.2) is 13.3 Å². The summed E-state index contributed by atoms with van der Waals surface area (Å²) < 4.78 is 59.0. The Labute approximate surface area is 210 Å². The van der Waals surface area contributed by atoms with Crippen LogP contribution in [0.15, 0.2) is 47.5 Å². The second-order valence-electron chi connectivity index (χ2n) is 8.90. The summed E-state index contributed by atoms with van der Waals surface area (Å²) in [6.45, 7) is -1.11. The number of rotatable bonds is 6. The lowest BCUT2D eigenvalue weighted by molar-refractivity contribution is -0.0925. The molecule has 194 valence electrons. The van der Waals surface area contributed by atoms with Crippen LogP contribution in [0.3, 0.4) is 0 Å². The number of alkyl halides is 4. The fourth-order valence-electron chi connectivity index (χ4n) is 4.14. The molecule has 0 saturated heterocycles. The van der Waals surface area contributed by atoms with Crippen molar-refractivity contribution in [2.75, 3.05) is 5.32 Å². The van der Waals surface area contributed by atoms with Crippen molar-refractivity contribution in [3.05, 3.63) is 60.1 Å². The fourth-order valence-corrected chi connectivity index (χ4v) is 4.14. The lowest BCUT2D eigenvalue weighted by Gasteiger charge is -2.31. The van der Waals surface area contributed by atoms with E-state index in [-0.39, 0.29) is 35.8 Å². The minimum Gasteiger partial charge on any atom is -0.339 e. The van der Waals surface area contributed by atoms with Crippen LogP contribution in [0, 0.1) is 6.92 Å². The topological polar surface area (TPSA) is 129 Å². The number of pyridine rings is 2. The molecule has 0 radical (unpaired) electrons. The smallest absolute Gasteiger partial charge is 0.334 e. The number of fused-ring (bicyclic) bond motifs is 1. The van der Waals surface area contributed by atoms with Crippen molar-refractivity contribution in [2.45, 2.75) is 38.2 Å². The first-order valence-corrected chi connectivity index (χ1v) is 11.3. The summed E-state index contributed by atoms with van der Waals surface area (Å²) in [6, 6.07) is 4.85. The van der Waals surface area contributed by atoms with Crippen molar-refractivity contribution >= 4 is 17.1 Å². The van der Waals surface area contributed by atoms with Gasteiger partial charge in [0, 0.05) is 42.3 Å². The second-order valence-corrected chi connectivity index (χ2v) is 8.90. The van der Waals surface area contributed by atoms with Crippen LogP contribution in [0.5, 0.6) is 0 Å². The molecule has 5 heterocycles.